The van der Waals surface area contributed by atoms with Gasteiger partial charge in [0.2, 0.25) is 0 Å². The lowest BCUT2D eigenvalue weighted by atomic mass is 9.77. The van der Waals surface area contributed by atoms with E-state index in [2.05, 4.69) is 20.8 Å². The molecule has 0 aliphatic carbocycles. The van der Waals surface area contributed by atoms with Crippen LogP contribution in [0, 0.1) is 5.41 Å². The molecular formula is C17H34O. The van der Waals surface area contributed by atoms with E-state index in [4.69, 9.17) is 4.74 Å². The minimum Gasteiger partial charge on any atom is -0.373 e. The molecule has 1 heteroatoms. The highest BCUT2D eigenvalue weighted by Crippen LogP contribution is 2.41. The fourth-order valence-corrected chi connectivity index (χ4v) is 2.99. The zero-order chi connectivity index (χ0) is 13.3. The van der Waals surface area contributed by atoms with Gasteiger partial charge in [0, 0.05) is 0 Å². The van der Waals surface area contributed by atoms with Gasteiger partial charge in [-0.3, -0.25) is 0 Å². The maximum absolute atomic E-state index is 5.61. The monoisotopic (exact) mass is 254 g/mol. The maximum atomic E-state index is 5.61. The molecule has 1 saturated heterocycles. The van der Waals surface area contributed by atoms with Gasteiger partial charge in [-0.1, -0.05) is 78.6 Å². The zero-order valence-electron chi connectivity index (χ0n) is 13.0. The summed E-state index contributed by atoms with van der Waals surface area (Å²) in [5.74, 6) is 0. The van der Waals surface area contributed by atoms with Gasteiger partial charge in [-0.25, -0.2) is 0 Å². The van der Waals surface area contributed by atoms with Crippen LogP contribution >= 0.6 is 0 Å². The molecule has 0 spiro atoms. The summed E-state index contributed by atoms with van der Waals surface area (Å²) in [6.07, 6.45) is 15.9. The summed E-state index contributed by atoms with van der Waals surface area (Å²) in [6, 6.07) is 0. The first-order valence-corrected chi connectivity index (χ1v) is 8.34. The first-order valence-electron chi connectivity index (χ1n) is 8.34. The van der Waals surface area contributed by atoms with E-state index in [1.807, 2.05) is 0 Å². The van der Waals surface area contributed by atoms with Crippen LogP contribution in [0.4, 0.5) is 0 Å². The number of unbranched alkanes of at least 4 members (excludes halogenated alkanes) is 7. The Labute approximate surface area is 115 Å². The Kier molecular flexibility index (Phi) is 7.97. The summed E-state index contributed by atoms with van der Waals surface area (Å²) in [4.78, 5) is 0. The predicted octanol–water partition coefficient (Wildman–Crippen LogP) is 5.72. The second-order valence-corrected chi connectivity index (χ2v) is 6.45. The third kappa shape index (κ3) is 6.22. The van der Waals surface area contributed by atoms with E-state index in [0.717, 1.165) is 6.61 Å². The highest BCUT2D eigenvalue weighted by molar-refractivity contribution is 4.90. The van der Waals surface area contributed by atoms with Crippen molar-refractivity contribution in [2.45, 2.75) is 97.5 Å². The van der Waals surface area contributed by atoms with Gasteiger partial charge in [-0.2, -0.15) is 0 Å². The van der Waals surface area contributed by atoms with Gasteiger partial charge < -0.3 is 4.74 Å². The molecule has 18 heavy (non-hydrogen) atoms. The molecule has 1 nitrogen and oxygen atoms in total. The van der Waals surface area contributed by atoms with Gasteiger partial charge in [0.05, 0.1) is 12.7 Å². The molecule has 1 fully saturated rings. The Morgan fingerprint density at radius 1 is 0.833 bits per heavy atom. The molecule has 2 atom stereocenters. The highest BCUT2D eigenvalue weighted by Gasteiger charge is 2.41. The molecule has 1 heterocycles. The Morgan fingerprint density at radius 3 is 1.72 bits per heavy atom. The minimum atomic E-state index is 0.486. The fraction of sp³-hybridized carbons (Fsp3) is 1.00. The van der Waals surface area contributed by atoms with Crippen molar-refractivity contribution in [2.75, 3.05) is 6.61 Å². The van der Waals surface area contributed by atoms with Crippen molar-refractivity contribution >= 4 is 0 Å². The number of epoxide rings is 1. The van der Waals surface area contributed by atoms with Gasteiger partial charge in [-0.05, 0) is 18.3 Å². The molecule has 0 bridgehead atoms. The van der Waals surface area contributed by atoms with Gasteiger partial charge >= 0.3 is 0 Å². The van der Waals surface area contributed by atoms with Crippen LogP contribution in [0.2, 0.25) is 0 Å². The van der Waals surface area contributed by atoms with Crippen LogP contribution in [-0.4, -0.2) is 12.7 Å². The molecule has 1 rings (SSSR count). The maximum Gasteiger partial charge on any atom is 0.0863 e. The molecule has 0 N–H and O–H groups in total. The molecule has 0 radical (unpaired) electrons. The van der Waals surface area contributed by atoms with Crippen molar-refractivity contribution in [3.8, 4) is 0 Å². The number of hydrogen-bond acceptors (Lipinski definition) is 1. The summed E-state index contributed by atoms with van der Waals surface area (Å²) >= 11 is 0. The summed E-state index contributed by atoms with van der Waals surface area (Å²) < 4.78 is 5.61. The van der Waals surface area contributed by atoms with Gasteiger partial charge in [0.1, 0.15) is 0 Å². The van der Waals surface area contributed by atoms with Crippen LogP contribution in [0.1, 0.15) is 91.4 Å². The number of rotatable bonds is 12. The average molecular weight is 254 g/mol. The molecule has 0 aromatic rings. The van der Waals surface area contributed by atoms with Gasteiger partial charge in [0.15, 0.2) is 0 Å². The van der Waals surface area contributed by atoms with Crippen LogP contribution in [0.15, 0.2) is 0 Å². The van der Waals surface area contributed by atoms with Crippen molar-refractivity contribution in [2.24, 2.45) is 5.41 Å². The minimum absolute atomic E-state index is 0.486. The molecule has 1 aliphatic rings. The van der Waals surface area contributed by atoms with Crippen molar-refractivity contribution in [1.82, 2.24) is 0 Å². The average Bonchev–Trinajstić information content (AvgIpc) is 3.19. The second-order valence-electron chi connectivity index (χ2n) is 6.45. The van der Waals surface area contributed by atoms with Crippen LogP contribution in [-0.2, 0) is 4.74 Å². The summed E-state index contributed by atoms with van der Waals surface area (Å²) in [5, 5.41) is 0. The smallest absolute Gasteiger partial charge is 0.0863 e. The predicted molar refractivity (Wildman–Crippen MR) is 80.0 cm³/mol. The number of ether oxygens (including phenoxy) is 1. The molecular weight excluding hydrogens is 220 g/mol. The topological polar surface area (TPSA) is 12.5 Å². The molecule has 1 aliphatic heterocycles. The Bertz CT molecular complexity index is 198. The normalized spacial score (nSPS) is 21.8. The highest BCUT2D eigenvalue weighted by atomic mass is 16.6. The van der Waals surface area contributed by atoms with Crippen molar-refractivity contribution in [3.63, 3.8) is 0 Å². The molecule has 2 unspecified atom stereocenters. The molecule has 0 aromatic carbocycles. The first-order chi connectivity index (χ1) is 8.73. The first kappa shape index (κ1) is 16.0. The van der Waals surface area contributed by atoms with E-state index in [9.17, 15) is 0 Å². The van der Waals surface area contributed by atoms with Gasteiger partial charge in [0.25, 0.3) is 0 Å². The second kappa shape index (κ2) is 8.96. The summed E-state index contributed by atoms with van der Waals surface area (Å²) in [6.45, 7) is 8.07. The van der Waals surface area contributed by atoms with E-state index in [0.29, 0.717) is 11.5 Å². The quantitative estimate of drug-likeness (QED) is 0.320. The van der Waals surface area contributed by atoms with E-state index >= 15 is 0 Å². The zero-order valence-corrected chi connectivity index (χ0v) is 13.0. The van der Waals surface area contributed by atoms with E-state index < -0.39 is 0 Å². The van der Waals surface area contributed by atoms with E-state index in [1.165, 1.54) is 70.6 Å². The lowest BCUT2D eigenvalue weighted by molar-refractivity contribution is 0.177. The van der Waals surface area contributed by atoms with Gasteiger partial charge in [-0.15, -0.1) is 0 Å². The molecule has 108 valence electrons. The van der Waals surface area contributed by atoms with Crippen molar-refractivity contribution in [3.05, 3.63) is 0 Å². The standard InChI is InChI=1S/C17H34O/c1-4-6-8-10-12-14-17(3,16-15-18-16)13-11-9-7-5-2/h16H,4-15H2,1-3H3. The molecule has 0 saturated carbocycles. The third-order valence-corrected chi connectivity index (χ3v) is 4.56. The summed E-state index contributed by atoms with van der Waals surface area (Å²) in [7, 11) is 0. The lowest BCUT2D eigenvalue weighted by Crippen LogP contribution is -2.23. The van der Waals surface area contributed by atoms with E-state index in [-0.39, 0.29) is 0 Å². The van der Waals surface area contributed by atoms with Crippen LogP contribution in [0.3, 0.4) is 0 Å². The third-order valence-electron chi connectivity index (χ3n) is 4.56. The summed E-state index contributed by atoms with van der Waals surface area (Å²) in [5.41, 5.74) is 0.486. The Balaban J connectivity index is 2.16. The molecule has 0 amide bonds. The SMILES string of the molecule is CCCCCCCC(C)(CCCCCC)C1CO1. The number of hydrogen-bond donors (Lipinski definition) is 0. The van der Waals surface area contributed by atoms with Crippen molar-refractivity contribution in [1.29, 1.82) is 0 Å². The fourth-order valence-electron chi connectivity index (χ4n) is 2.99. The largest absolute Gasteiger partial charge is 0.373 e. The Hall–Kier alpha value is -0.0400. The van der Waals surface area contributed by atoms with Crippen LogP contribution < -0.4 is 0 Å². The van der Waals surface area contributed by atoms with Crippen molar-refractivity contribution < 1.29 is 4.74 Å². The van der Waals surface area contributed by atoms with Crippen LogP contribution in [0.25, 0.3) is 0 Å². The van der Waals surface area contributed by atoms with Crippen LogP contribution in [0.5, 0.6) is 0 Å². The lowest BCUT2D eigenvalue weighted by Gasteiger charge is -2.28. The van der Waals surface area contributed by atoms with E-state index in [1.54, 1.807) is 0 Å². The molecule has 0 aromatic heterocycles. The Morgan fingerprint density at radius 2 is 1.28 bits per heavy atom.